The average molecular weight is 342 g/mol. The minimum Gasteiger partial charge on any atom is -0.282 e. The summed E-state index contributed by atoms with van der Waals surface area (Å²) in [5.74, 6) is 0.583. The van der Waals surface area contributed by atoms with Gasteiger partial charge in [0, 0.05) is 11.3 Å². The van der Waals surface area contributed by atoms with E-state index in [4.69, 9.17) is 4.98 Å². The standard InChI is InChI=1S/C21H18N4O/c1-14-17(15(2)24-23-14)12-13-20-22-19-11-7-6-10-18(19)21(26)25(20)16-8-4-3-5-9-16/h3-13H,1-2H3,(H,23,24). The van der Waals surface area contributed by atoms with Crippen molar-refractivity contribution in [1.82, 2.24) is 19.7 Å². The van der Waals surface area contributed by atoms with Crippen LogP contribution in [0.1, 0.15) is 22.8 Å². The second kappa shape index (κ2) is 6.44. The Balaban J connectivity index is 1.97. The maximum absolute atomic E-state index is 13.1. The van der Waals surface area contributed by atoms with E-state index in [0.29, 0.717) is 16.7 Å². The third kappa shape index (κ3) is 2.73. The third-order valence-corrected chi connectivity index (χ3v) is 4.40. The van der Waals surface area contributed by atoms with Gasteiger partial charge in [0.2, 0.25) is 0 Å². The molecule has 4 aromatic rings. The molecule has 128 valence electrons. The van der Waals surface area contributed by atoms with Crippen molar-refractivity contribution >= 4 is 23.1 Å². The molecule has 5 heteroatoms. The molecule has 5 nitrogen and oxygen atoms in total. The molecule has 0 fully saturated rings. The van der Waals surface area contributed by atoms with Gasteiger partial charge in [0.05, 0.1) is 22.3 Å². The number of aromatic nitrogens is 4. The van der Waals surface area contributed by atoms with Crippen LogP contribution < -0.4 is 5.56 Å². The van der Waals surface area contributed by atoms with E-state index in [1.54, 1.807) is 4.57 Å². The lowest BCUT2D eigenvalue weighted by Gasteiger charge is -2.11. The summed E-state index contributed by atoms with van der Waals surface area (Å²) in [7, 11) is 0. The first-order valence-electron chi connectivity index (χ1n) is 8.42. The number of aryl methyl sites for hydroxylation is 2. The van der Waals surface area contributed by atoms with E-state index in [9.17, 15) is 4.79 Å². The summed E-state index contributed by atoms with van der Waals surface area (Å²) in [5, 5.41) is 7.78. The number of fused-ring (bicyclic) bond motifs is 1. The SMILES string of the molecule is Cc1n[nH]c(C)c1C=Cc1nc2ccccc2c(=O)n1-c1ccccc1. The number of para-hydroxylation sites is 2. The van der Waals surface area contributed by atoms with Crippen LogP contribution in [-0.4, -0.2) is 19.7 Å². The summed E-state index contributed by atoms with van der Waals surface area (Å²) >= 11 is 0. The number of hydrogen-bond donors (Lipinski definition) is 1. The van der Waals surface area contributed by atoms with Crippen molar-refractivity contribution in [3.8, 4) is 5.69 Å². The Bertz CT molecular complexity index is 1150. The van der Waals surface area contributed by atoms with Crippen LogP contribution in [0.3, 0.4) is 0 Å². The number of benzene rings is 2. The van der Waals surface area contributed by atoms with Crippen LogP contribution in [0.4, 0.5) is 0 Å². The van der Waals surface area contributed by atoms with Gasteiger partial charge >= 0.3 is 0 Å². The van der Waals surface area contributed by atoms with Crippen LogP contribution >= 0.6 is 0 Å². The molecule has 1 N–H and O–H groups in total. The molecule has 0 saturated heterocycles. The van der Waals surface area contributed by atoms with Gasteiger partial charge in [0.15, 0.2) is 0 Å². The number of H-pyrrole nitrogens is 1. The highest BCUT2D eigenvalue weighted by atomic mass is 16.1. The number of rotatable bonds is 3. The van der Waals surface area contributed by atoms with E-state index in [1.165, 1.54) is 0 Å². The molecular formula is C21H18N4O. The summed E-state index contributed by atoms with van der Waals surface area (Å²) in [6.45, 7) is 3.92. The zero-order valence-corrected chi connectivity index (χ0v) is 14.6. The second-order valence-electron chi connectivity index (χ2n) is 6.14. The van der Waals surface area contributed by atoms with Crippen molar-refractivity contribution < 1.29 is 0 Å². The molecule has 4 rings (SSSR count). The molecule has 0 spiro atoms. The fraction of sp³-hybridized carbons (Fsp3) is 0.0952. The first kappa shape index (κ1) is 16.0. The summed E-state index contributed by atoms with van der Waals surface area (Å²) < 4.78 is 1.64. The monoisotopic (exact) mass is 342 g/mol. The minimum absolute atomic E-state index is 0.0814. The Morgan fingerprint density at radius 2 is 1.69 bits per heavy atom. The topological polar surface area (TPSA) is 63.6 Å². The molecule has 0 atom stereocenters. The highest BCUT2D eigenvalue weighted by molar-refractivity contribution is 5.80. The highest BCUT2D eigenvalue weighted by Crippen LogP contribution is 2.17. The molecule has 0 aliphatic heterocycles. The number of nitrogens with zero attached hydrogens (tertiary/aromatic N) is 3. The zero-order valence-electron chi connectivity index (χ0n) is 14.6. The van der Waals surface area contributed by atoms with Crippen molar-refractivity contribution in [3.05, 3.63) is 87.7 Å². The van der Waals surface area contributed by atoms with Gasteiger partial charge in [-0.05, 0) is 50.3 Å². The maximum Gasteiger partial charge on any atom is 0.266 e. The zero-order chi connectivity index (χ0) is 18.1. The van der Waals surface area contributed by atoms with Crippen molar-refractivity contribution in [2.24, 2.45) is 0 Å². The van der Waals surface area contributed by atoms with E-state index >= 15 is 0 Å². The minimum atomic E-state index is -0.0814. The molecule has 0 bridgehead atoms. The number of hydrogen-bond acceptors (Lipinski definition) is 3. The lowest BCUT2D eigenvalue weighted by atomic mass is 10.1. The molecule has 0 amide bonds. The largest absolute Gasteiger partial charge is 0.282 e. The molecule has 2 aromatic heterocycles. The summed E-state index contributed by atoms with van der Waals surface area (Å²) in [6, 6.07) is 17.0. The average Bonchev–Trinajstić information content (AvgIpc) is 2.99. The first-order chi connectivity index (χ1) is 12.6. The predicted molar refractivity (Wildman–Crippen MR) is 104 cm³/mol. The van der Waals surface area contributed by atoms with E-state index in [1.807, 2.05) is 80.6 Å². The highest BCUT2D eigenvalue weighted by Gasteiger charge is 2.11. The van der Waals surface area contributed by atoms with Crippen LogP contribution in [0, 0.1) is 13.8 Å². The van der Waals surface area contributed by atoms with Crippen molar-refractivity contribution in [3.63, 3.8) is 0 Å². The number of nitrogens with one attached hydrogen (secondary N) is 1. The van der Waals surface area contributed by atoms with Gasteiger partial charge in [0.1, 0.15) is 5.82 Å². The van der Waals surface area contributed by atoms with Gasteiger partial charge in [-0.2, -0.15) is 5.10 Å². The molecule has 0 radical (unpaired) electrons. The van der Waals surface area contributed by atoms with E-state index in [-0.39, 0.29) is 5.56 Å². The lowest BCUT2D eigenvalue weighted by molar-refractivity contribution is 0.944. The molecule has 0 unspecified atom stereocenters. The maximum atomic E-state index is 13.1. The van der Waals surface area contributed by atoms with Crippen LogP contribution in [0.15, 0.2) is 59.4 Å². The Morgan fingerprint density at radius 1 is 0.962 bits per heavy atom. The Morgan fingerprint density at radius 3 is 2.42 bits per heavy atom. The molecular weight excluding hydrogens is 324 g/mol. The number of aromatic amines is 1. The van der Waals surface area contributed by atoms with Gasteiger partial charge in [-0.25, -0.2) is 4.98 Å². The normalized spacial score (nSPS) is 11.5. The smallest absolute Gasteiger partial charge is 0.266 e. The van der Waals surface area contributed by atoms with Crippen molar-refractivity contribution in [2.75, 3.05) is 0 Å². The molecule has 0 aliphatic rings. The van der Waals surface area contributed by atoms with Crippen molar-refractivity contribution in [2.45, 2.75) is 13.8 Å². The fourth-order valence-corrected chi connectivity index (χ4v) is 3.05. The quantitative estimate of drug-likeness (QED) is 0.614. The van der Waals surface area contributed by atoms with Crippen LogP contribution in [0.5, 0.6) is 0 Å². The lowest BCUT2D eigenvalue weighted by Crippen LogP contribution is -2.22. The summed E-state index contributed by atoms with van der Waals surface area (Å²) in [5.41, 5.74) is 4.29. The summed E-state index contributed by atoms with van der Waals surface area (Å²) in [4.78, 5) is 17.8. The van der Waals surface area contributed by atoms with Crippen molar-refractivity contribution in [1.29, 1.82) is 0 Å². The van der Waals surface area contributed by atoms with E-state index in [2.05, 4.69) is 10.2 Å². The van der Waals surface area contributed by atoms with Gasteiger partial charge < -0.3 is 0 Å². The third-order valence-electron chi connectivity index (χ3n) is 4.40. The molecule has 0 saturated carbocycles. The van der Waals surface area contributed by atoms with Crippen LogP contribution in [-0.2, 0) is 0 Å². The fourth-order valence-electron chi connectivity index (χ4n) is 3.05. The van der Waals surface area contributed by atoms with Gasteiger partial charge in [0.25, 0.3) is 5.56 Å². The second-order valence-corrected chi connectivity index (χ2v) is 6.14. The Kier molecular flexibility index (Phi) is 3.97. The molecule has 2 heterocycles. The van der Waals surface area contributed by atoms with Crippen LogP contribution in [0.2, 0.25) is 0 Å². The van der Waals surface area contributed by atoms with E-state index < -0.39 is 0 Å². The predicted octanol–water partition coefficient (Wildman–Crippen LogP) is 3.90. The first-order valence-corrected chi connectivity index (χ1v) is 8.42. The van der Waals surface area contributed by atoms with Gasteiger partial charge in [-0.1, -0.05) is 30.3 Å². The molecule has 0 aliphatic carbocycles. The van der Waals surface area contributed by atoms with E-state index in [0.717, 1.165) is 22.6 Å². The Hall–Kier alpha value is -3.47. The molecule has 2 aromatic carbocycles. The van der Waals surface area contributed by atoms with Gasteiger partial charge in [-0.3, -0.25) is 14.5 Å². The summed E-state index contributed by atoms with van der Waals surface area (Å²) in [6.07, 6.45) is 3.82. The van der Waals surface area contributed by atoms with Gasteiger partial charge in [-0.15, -0.1) is 0 Å². The van der Waals surface area contributed by atoms with Crippen LogP contribution in [0.25, 0.3) is 28.7 Å². The molecule has 26 heavy (non-hydrogen) atoms. The Labute approximate surface area is 150 Å².